The molecular formula is C18H24BN3O4. The van der Waals surface area contributed by atoms with Gasteiger partial charge in [-0.15, -0.1) is 0 Å². The van der Waals surface area contributed by atoms with Crippen LogP contribution < -0.4 is 5.46 Å². The lowest BCUT2D eigenvalue weighted by Gasteiger charge is -2.32. The molecule has 0 unspecified atom stereocenters. The van der Waals surface area contributed by atoms with E-state index in [1.807, 2.05) is 45.9 Å². The van der Waals surface area contributed by atoms with Crippen molar-refractivity contribution in [3.05, 3.63) is 24.0 Å². The number of aromatic nitrogens is 2. The van der Waals surface area contributed by atoms with Gasteiger partial charge < -0.3 is 19.4 Å². The van der Waals surface area contributed by atoms with E-state index in [1.54, 1.807) is 0 Å². The Kier molecular flexibility index (Phi) is 3.82. The molecule has 7 nitrogen and oxygen atoms in total. The van der Waals surface area contributed by atoms with E-state index in [2.05, 4.69) is 9.97 Å². The molecule has 4 rings (SSSR count). The zero-order valence-electron chi connectivity index (χ0n) is 15.6. The number of H-pyrrole nitrogens is 1. The number of nitrogens with one attached hydrogen (secondary N) is 1. The molecule has 138 valence electrons. The van der Waals surface area contributed by atoms with Crippen LogP contribution in [0.25, 0.3) is 11.0 Å². The van der Waals surface area contributed by atoms with E-state index in [0.29, 0.717) is 12.4 Å². The molecule has 2 aliphatic heterocycles. The number of nitrogens with zero attached hydrogens (tertiary/aromatic N) is 2. The van der Waals surface area contributed by atoms with Crippen LogP contribution in [0.5, 0.6) is 0 Å². The molecule has 2 aromatic rings. The third-order valence-electron chi connectivity index (χ3n) is 5.86. The SMILES string of the molecule is CC1(C)OB(c2ccc3nc([C@@H]4CCCN4C(=O)O)[nH]c3c2)OC1(C)C. The molecule has 2 N–H and O–H groups in total. The Morgan fingerprint density at radius 2 is 2.00 bits per heavy atom. The summed E-state index contributed by atoms with van der Waals surface area (Å²) in [5, 5.41) is 9.36. The van der Waals surface area contributed by atoms with Gasteiger partial charge in [0, 0.05) is 6.54 Å². The quantitative estimate of drug-likeness (QED) is 0.807. The van der Waals surface area contributed by atoms with Gasteiger partial charge in [-0.3, -0.25) is 4.90 Å². The van der Waals surface area contributed by atoms with Crippen molar-refractivity contribution >= 4 is 29.7 Å². The Morgan fingerprint density at radius 1 is 1.31 bits per heavy atom. The first kappa shape index (κ1) is 17.4. The molecule has 0 bridgehead atoms. The van der Waals surface area contributed by atoms with Crippen LogP contribution in [0.15, 0.2) is 18.2 Å². The molecule has 2 aliphatic rings. The van der Waals surface area contributed by atoms with Gasteiger partial charge in [-0.25, -0.2) is 9.78 Å². The summed E-state index contributed by atoms with van der Waals surface area (Å²) in [7, 11) is -0.432. The number of likely N-dealkylation sites (tertiary alicyclic amines) is 1. The number of benzene rings is 1. The molecule has 3 heterocycles. The normalized spacial score (nSPS) is 24.5. The summed E-state index contributed by atoms with van der Waals surface area (Å²) in [5.41, 5.74) is 1.82. The summed E-state index contributed by atoms with van der Waals surface area (Å²) in [5.74, 6) is 0.700. The van der Waals surface area contributed by atoms with E-state index in [4.69, 9.17) is 9.31 Å². The van der Waals surface area contributed by atoms with Crippen LogP contribution in [-0.4, -0.2) is 50.9 Å². The van der Waals surface area contributed by atoms with Gasteiger partial charge in [0.1, 0.15) is 5.82 Å². The molecule has 1 atom stereocenters. The maximum Gasteiger partial charge on any atom is 0.494 e. The van der Waals surface area contributed by atoms with Gasteiger partial charge in [-0.05, 0) is 58.1 Å². The lowest BCUT2D eigenvalue weighted by Crippen LogP contribution is -2.41. The van der Waals surface area contributed by atoms with E-state index >= 15 is 0 Å². The monoisotopic (exact) mass is 357 g/mol. The van der Waals surface area contributed by atoms with E-state index in [1.165, 1.54) is 4.90 Å². The zero-order valence-corrected chi connectivity index (χ0v) is 15.6. The standard InChI is InChI=1S/C18H24BN3O4/c1-17(2)18(3,4)26-19(25-17)11-7-8-12-13(10-11)21-15(20-12)14-6-5-9-22(14)16(23)24/h7-8,10,14H,5-6,9H2,1-4H3,(H,20,21)(H,23,24)/t14-/m0/s1. The van der Waals surface area contributed by atoms with Crippen molar-refractivity contribution < 1.29 is 19.2 Å². The van der Waals surface area contributed by atoms with Crippen molar-refractivity contribution in [2.24, 2.45) is 0 Å². The first-order valence-corrected chi connectivity index (χ1v) is 9.03. The summed E-state index contributed by atoms with van der Waals surface area (Å²) in [6.07, 6.45) is 0.745. The number of rotatable bonds is 2. The lowest BCUT2D eigenvalue weighted by molar-refractivity contribution is 0.00578. The summed E-state index contributed by atoms with van der Waals surface area (Å²) < 4.78 is 12.2. The van der Waals surface area contributed by atoms with Gasteiger partial charge in [-0.1, -0.05) is 6.07 Å². The first-order chi connectivity index (χ1) is 12.2. The second kappa shape index (κ2) is 5.72. The fraction of sp³-hybridized carbons (Fsp3) is 0.556. The van der Waals surface area contributed by atoms with E-state index < -0.39 is 24.4 Å². The Balaban J connectivity index is 1.64. The minimum atomic E-state index is -0.897. The maximum absolute atomic E-state index is 11.4. The van der Waals surface area contributed by atoms with Crippen molar-refractivity contribution in [1.82, 2.24) is 14.9 Å². The van der Waals surface area contributed by atoms with Crippen molar-refractivity contribution in [3.63, 3.8) is 0 Å². The van der Waals surface area contributed by atoms with Gasteiger partial charge in [-0.2, -0.15) is 0 Å². The second-order valence-corrected chi connectivity index (χ2v) is 8.12. The second-order valence-electron chi connectivity index (χ2n) is 8.12. The molecule has 0 saturated carbocycles. The highest BCUT2D eigenvalue weighted by atomic mass is 16.7. The van der Waals surface area contributed by atoms with Crippen molar-refractivity contribution in [3.8, 4) is 0 Å². The average molecular weight is 357 g/mol. The molecule has 8 heteroatoms. The molecule has 1 aromatic heterocycles. The maximum atomic E-state index is 11.4. The number of aromatic amines is 1. The molecule has 1 amide bonds. The number of hydrogen-bond donors (Lipinski definition) is 2. The highest BCUT2D eigenvalue weighted by Crippen LogP contribution is 2.37. The molecule has 0 aliphatic carbocycles. The van der Waals surface area contributed by atoms with Crippen LogP contribution >= 0.6 is 0 Å². The van der Waals surface area contributed by atoms with E-state index in [0.717, 1.165) is 29.3 Å². The minimum Gasteiger partial charge on any atom is -0.465 e. The predicted molar refractivity (Wildman–Crippen MR) is 98.5 cm³/mol. The molecule has 0 radical (unpaired) electrons. The van der Waals surface area contributed by atoms with Crippen LogP contribution in [0.4, 0.5) is 4.79 Å². The third-order valence-corrected chi connectivity index (χ3v) is 5.86. The fourth-order valence-electron chi connectivity index (χ4n) is 3.61. The highest BCUT2D eigenvalue weighted by molar-refractivity contribution is 6.62. The third kappa shape index (κ3) is 2.68. The Hall–Kier alpha value is -2.06. The predicted octanol–water partition coefficient (Wildman–Crippen LogP) is 2.68. The van der Waals surface area contributed by atoms with Crippen LogP contribution in [-0.2, 0) is 9.31 Å². The topological polar surface area (TPSA) is 87.7 Å². The molecule has 26 heavy (non-hydrogen) atoms. The molecule has 2 saturated heterocycles. The summed E-state index contributed by atoms with van der Waals surface area (Å²) >= 11 is 0. The smallest absolute Gasteiger partial charge is 0.465 e. The van der Waals surface area contributed by atoms with Gasteiger partial charge in [0.25, 0.3) is 0 Å². The molecule has 1 aromatic carbocycles. The number of carbonyl (C=O) groups is 1. The number of fused-ring (bicyclic) bond motifs is 1. The number of imidazole rings is 1. The fourth-order valence-corrected chi connectivity index (χ4v) is 3.61. The van der Waals surface area contributed by atoms with Crippen LogP contribution in [0.1, 0.15) is 52.4 Å². The highest BCUT2D eigenvalue weighted by Gasteiger charge is 2.51. The molecule has 2 fully saturated rings. The largest absolute Gasteiger partial charge is 0.494 e. The van der Waals surface area contributed by atoms with Crippen LogP contribution in [0.2, 0.25) is 0 Å². The number of amides is 1. The Morgan fingerprint density at radius 3 is 2.65 bits per heavy atom. The molecule has 0 spiro atoms. The zero-order chi connectivity index (χ0) is 18.7. The van der Waals surface area contributed by atoms with Crippen molar-refractivity contribution in [2.75, 3.05) is 6.54 Å². The Bertz CT molecular complexity index is 847. The van der Waals surface area contributed by atoms with Gasteiger partial charge in [0.15, 0.2) is 0 Å². The van der Waals surface area contributed by atoms with Crippen LogP contribution in [0, 0.1) is 0 Å². The van der Waals surface area contributed by atoms with E-state index in [-0.39, 0.29) is 6.04 Å². The van der Waals surface area contributed by atoms with Gasteiger partial charge >= 0.3 is 13.2 Å². The minimum absolute atomic E-state index is 0.208. The Labute approximate surface area is 152 Å². The summed E-state index contributed by atoms with van der Waals surface area (Å²) in [4.78, 5) is 20.8. The summed E-state index contributed by atoms with van der Waals surface area (Å²) in [6.45, 7) is 8.66. The average Bonchev–Trinajstić information content (AvgIpc) is 3.23. The van der Waals surface area contributed by atoms with E-state index in [9.17, 15) is 9.90 Å². The van der Waals surface area contributed by atoms with Crippen molar-refractivity contribution in [1.29, 1.82) is 0 Å². The van der Waals surface area contributed by atoms with Gasteiger partial charge in [0.2, 0.25) is 0 Å². The number of hydrogen-bond acceptors (Lipinski definition) is 4. The number of carboxylic acid groups (broad SMARTS) is 1. The van der Waals surface area contributed by atoms with Gasteiger partial charge in [0.05, 0.1) is 28.3 Å². The van der Waals surface area contributed by atoms with Crippen LogP contribution in [0.3, 0.4) is 0 Å². The lowest BCUT2D eigenvalue weighted by atomic mass is 9.79. The van der Waals surface area contributed by atoms with Crippen molar-refractivity contribution in [2.45, 2.75) is 57.8 Å². The summed E-state index contributed by atoms with van der Waals surface area (Å²) in [6, 6.07) is 5.66. The first-order valence-electron chi connectivity index (χ1n) is 9.03. The molecular weight excluding hydrogens is 333 g/mol.